The van der Waals surface area contributed by atoms with Crippen molar-refractivity contribution in [2.24, 2.45) is 0 Å². The highest BCUT2D eigenvalue weighted by Gasteiger charge is 2.04. The highest BCUT2D eigenvalue weighted by Crippen LogP contribution is 2.08. The predicted octanol–water partition coefficient (Wildman–Crippen LogP) is 1.01. The monoisotopic (exact) mass is 157 g/mol. The quantitative estimate of drug-likeness (QED) is 0.554. The van der Waals surface area contributed by atoms with Gasteiger partial charge in [-0.05, 0) is 12.1 Å². The molecule has 0 atom stereocenters. The lowest BCUT2D eigenvalue weighted by molar-refractivity contribution is 0.506. The third-order valence-electron chi connectivity index (χ3n) is 1.07. The first-order valence-electron chi connectivity index (χ1n) is 2.60. The molecule has 2 N–H and O–H groups in total. The van der Waals surface area contributed by atoms with Gasteiger partial charge in [0.1, 0.15) is 6.07 Å². The second-order valence-electron chi connectivity index (χ2n) is 1.71. The van der Waals surface area contributed by atoms with E-state index >= 15 is 0 Å². The van der Waals surface area contributed by atoms with Crippen LogP contribution < -0.4 is 0 Å². The molecule has 0 amide bonds. The van der Waals surface area contributed by atoms with Gasteiger partial charge in [-0.3, -0.25) is 0 Å². The summed E-state index contributed by atoms with van der Waals surface area (Å²) in [6, 6.07) is 5.00. The van der Waals surface area contributed by atoms with Crippen LogP contribution in [0.1, 0.15) is 5.56 Å². The lowest BCUT2D eigenvalue weighted by Gasteiger charge is -1.91. The average molecular weight is 157 g/mol. The van der Waals surface area contributed by atoms with Gasteiger partial charge >= 0.3 is 0 Å². The number of nitriles is 1. The van der Waals surface area contributed by atoms with Crippen LogP contribution in [0.2, 0.25) is 0 Å². The van der Waals surface area contributed by atoms with Crippen molar-refractivity contribution in [3.05, 3.63) is 35.4 Å². The highest BCUT2D eigenvalue weighted by molar-refractivity contribution is 5.30. The first-order chi connectivity index (χ1) is 4.75. The minimum absolute atomic E-state index is 0. The Hall–Kier alpha value is -1.47. The lowest BCUT2D eigenvalue weighted by Crippen LogP contribution is -1.87. The van der Waals surface area contributed by atoms with Gasteiger partial charge in [0.15, 0.2) is 11.6 Å². The van der Waals surface area contributed by atoms with Crippen LogP contribution in [-0.4, -0.2) is 5.48 Å². The third-order valence-corrected chi connectivity index (χ3v) is 1.07. The molecule has 1 aromatic rings. The average Bonchev–Trinajstić information content (AvgIpc) is 1.95. The summed E-state index contributed by atoms with van der Waals surface area (Å²) in [6.07, 6.45) is 0. The smallest absolute Gasteiger partial charge is 0.176 e. The van der Waals surface area contributed by atoms with Gasteiger partial charge < -0.3 is 5.48 Å². The number of hydrogen-bond acceptors (Lipinski definition) is 1. The SMILES string of the molecule is N#Cc1cccc(F)c1F.O. The van der Waals surface area contributed by atoms with Crippen LogP contribution in [0.15, 0.2) is 18.2 Å². The minimum Gasteiger partial charge on any atom is -0.412 e. The van der Waals surface area contributed by atoms with Crippen molar-refractivity contribution in [2.45, 2.75) is 0 Å². The second-order valence-corrected chi connectivity index (χ2v) is 1.71. The molecule has 0 radical (unpaired) electrons. The molecule has 4 heteroatoms. The summed E-state index contributed by atoms with van der Waals surface area (Å²) >= 11 is 0. The Labute approximate surface area is 62.0 Å². The molecular weight excluding hydrogens is 152 g/mol. The van der Waals surface area contributed by atoms with E-state index in [-0.39, 0.29) is 11.0 Å². The van der Waals surface area contributed by atoms with Crippen LogP contribution in [0.4, 0.5) is 8.78 Å². The topological polar surface area (TPSA) is 55.3 Å². The summed E-state index contributed by atoms with van der Waals surface area (Å²) in [6.45, 7) is 0. The molecule has 0 saturated heterocycles. The van der Waals surface area contributed by atoms with Crippen molar-refractivity contribution >= 4 is 0 Å². The van der Waals surface area contributed by atoms with Gasteiger partial charge in [0.25, 0.3) is 0 Å². The number of rotatable bonds is 0. The Kier molecular flexibility index (Phi) is 3.15. The molecule has 0 aliphatic heterocycles. The molecule has 0 aromatic heterocycles. The van der Waals surface area contributed by atoms with Crippen LogP contribution in [0.5, 0.6) is 0 Å². The molecule has 0 aliphatic rings. The normalized spacial score (nSPS) is 8.09. The van der Waals surface area contributed by atoms with Crippen LogP contribution in [0.25, 0.3) is 0 Å². The summed E-state index contributed by atoms with van der Waals surface area (Å²) in [5.41, 5.74) is -0.264. The maximum Gasteiger partial charge on any atom is 0.176 e. The van der Waals surface area contributed by atoms with Crippen LogP contribution >= 0.6 is 0 Å². The van der Waals surface area contributed by atoms with E-state index < -0.39 is 11.6 Å². The summed E-state index contributed by atoms with van der Waals surface area (Å²) in [5.74, 6) is -2.07. The first-order valence-corrected chi connectivity index (χ1v) is 2.60. The lowest BCUT2D eigenvalue weighted by atomic mass is 10.2. The highest BCUT2D eigenvalue weighted by atomic mass is 19.2. The molecule has 0 heterocycles. The summed E-state index contributed by atoms with van der Waals surface area (Å²) in [4.78, 5) is 0. The number of halogens is 2. The first kappa shape index (κ1) is 9.53. The molecule has 1 aromatic carbocycles. The Morgan fingerprint density at radius 1 is 1.27 bits per heavy atom. The predicted molar refractivity (Wildman–Crippen MR) is 34.7 cm³/mol. The fraction of sp³-hybridized carbons (Fsp3) is 0. The number of nitrogens with zero attached hydrogens (tertiary/aromatic N) is 1. The van der Waals surface area contributed by atoms with Gasteiger partial charge in [-0.1, -0.05) is 6.07 Å². The molecule has 0 bridgehead atoms. The zero-order chi connectivity index (χ0) is 7.56. The molecular formula is C7H5F2NO. The maximum atomic E-state index is 12.4. The Morgan fingerprint density at radius 3 is 2.36 bits per heavy atom. The molecule has 2 nitrogen and oxygen atoms in total. The largest absolute Gasteiger partial charge is 0.412 e. The van der Waals surface area contributed by atoms with Gasteiger partial charge in [-0.25, -0.2) is 8.78 Å². The van der Waals surface area contributed by atoms with E-state index in [9.17, 15) is 8.78 Å². The fourth-order valence-corrected chi connectivity index (χ4v) is 0.590. The van der Waals surface area contributed by atoms with Crippen molar-refractivity contribution < 1.29 is 14.3 Å². The van der Waals surface area contributed by atoms with E-state index in [1.165, 1.54) is 18.2 Å². The number of benzene rings is 1. The van der Waals surface area contributed by atoms with E-state index in [4.69, 9.17) is 5.26 Å². The summed E-state index contributed by atoms with van der Waals surface area (Å²) in [5, 5.41) is 8.19. The van der Waals surface area contributed by atoms with Crippen molar-refractivity contribution in [2.75, 3.05) is 0 Å². The van der Waals surface area contributed by atoms with Gasteiger partial charge in [-0.15, -0.1) is 0 Å². The Bertz CT molecular complexity index is 293. The molecule has 0 spiro atoms. The molecule has 0 aliphatic carbocycles. The number of hydrogen-bond donors (Lipinski definition) is 0. The third kappa shape index (κ3) is 1.72. The van der Waals surface area contributed by atoms with Crippen molar-refractivity contribution in [1.82, 2.24) is 0 Å². The zero-order valence-corrected chi connectivity index (χ0v) is 5.44. The van der Waals surface area contributed by atoms with Crippen LogP contribution in [0.3, 0.4) is 0 Å². The van der Waals surface area contributed by atoms with E-state index in [1.54, 1.807) is 0 Å². The van der Waals surface area contributed by atoms with E-state index in [0.29, 0.717) is 0 Å². The molecule has 1 rings (SSSR count). The Balaban J connectivity index is 0.000001000. The van der Waals surface area contributed by atoms with E-state index in [1.807, 2.05) is 0 Å². The maximum absolute atomic E-state index is 12.4. The molecule has 0 fully saturated rings. The zero-order valence-electron chi connectivity index (χ0n) is 5.44. The molecule has 0 unspecified atom stereocenters. The van der Waals surface area contributed by atoms with Gasteiger partial charge in [0, 0.05) is 0 Å². The molecule has 11 heavy (non-hydrogen) atoms. The van der Waals surface area contributed by atoms with Gasteiger partial charge in [0.2, 0.25) is 0 Å². The fourth-order valence-electron chi connectivity index (χ4n) is 0.590. The van der Waals surface area contributed by atoms with Crippen LogP contribution in [0, 0.1) is 23.0 Å². The second kappa shape index (κ2) is 3.64. The van der Waals surface area contributed by atoms with Gasteiger partial charge in [-0.2, -0.15) is 5.26 Å². The van der Waals surface area contributed by atoms with Gasteiger partial charge in [0.05, 0.1) is 5.56 Å². The van der Waals surface area contributed by atoms with Crippen molar-refractivity contribution in [3.8, 4) is 6.07 Å². The standard InChI is InChI=1S/C7H3F2N.H2O/c8-6-3-1-2-5(4-10)7(6)9;/h1-3H;1H2. The van der Waals surface area contributed by atoms with E-state index in [2.05, 4.69) is 0 Å². The van der Waals surface area contributed by atoms with Crippen molar-refractivity contribution in [1.29, 1.82) is 5.26 Å². The molecule has 58 valence electrons. The van der Waals surface area contributed by atoms with Crippen molar-refractivity contribution in [3.63, 3.8) is 0 Å². The van der Waals surface area contributed by atoms with Crippen LogP contribution in [-0.2, 0) is 0 Å². The molecule has 0 saturated carbocycles. The summed E-state index contributed by atoms with van der Waals surface area (Å²) in [7, 11) is 0. The summed E-state index contributed by atoms with van der Waals surface area (Å²) < 4.78 is 24.6. The minimum atomic E-state index is -1.08. The van der Waals surface area contributed by atoms with E-state index in [0.717, 1.165) is 6.07 Å². The Morgan fingerprint density at radius 2 is 1.91 bits per heavy atom.